The maximum atomic E-state index is 12.0. The van der Waals surface area contributed by atoms with Gasteiger partial charge in [-0.05, 0) is 78.9 Å². The van der Waals surface area contributed by atoms with E-state index in [0.29, 0.717) is 18.6 Å². The van der Waals surface area contributed by atoms with E-state index in [0.717, 1.165) is 36.8 Å². The highest BCUT2D eigenvalue weighted by Crippen LogP contribution is 2.24. The van der Waals surface area contributed by atoms with Crippen LogP contribution in [0.4, 0.5) is 0 Å². The molecule has 0 spiro atoms. The van der Waals surface area contributed by atoms with Crippen LogP contribution in [0.1, 0.15) is 73.6 Å². The summed E-state index contributed by atoms with van der Waals surface area (Å²) in [5.41, 5.74) is 4.78. The van der Waals surface area contributed by atoms with Crippen LogP contribution in [-0.2, 0) is 19.1 Å². The Bertz CT molecular complexity index is 776. The van der Waals surface area contributed by atoms with Gasteiger partial charge in [-0.15, -0.1) is 0 Å². The fourth-order valence-electron chi connectivity index (χ4n) is 3.03. The van der Waals surface area contributed by atoms with Crippen molar-refractivity contribution in [2.75, 3.05) is 6.61 Å². The average molecular weight is 431 g/mol. The molecule has 1 heterocycles. The smallest absolute Gasteiger partial charge is 0.337 e. The zero-order chi connectivity index (χ0) is 23.4. The first-order chi connectivity index (χ1) is 14.6. The summed E-state index contributed by atoms with van der Waals surface area (Å²) >= 11 is 0. The molecular formula is C26H38O5. The van der Waals surface area contributed by atoms with Gasteiger partial charge in [0.1, 0.15) is 12.7 Å². The molecule has 0 bridgehead atoms. The summed E-state index contributed by atoms with van der Waals surface area (Å²) in [7, 11) is 0. The number of aliphatic hydroxyl groups excluding tert-OH is 1. The maximum absolute atomic E-state index is 12.0. The summed E-state index contributed by atoms with van der Waals surface area (Å²) in [6, 6.07) is 0. The Labute approximate surface area is 187 Å². The second kappa shape index (κ2) is 13.8. The summed E-state index contributed by atoms with van der Waals surface area (Å²) in [6.07, 6.45) is 11.9. The van der Waals surface area contributed by atoms with Crippen LogP contribution in [0.25, 0.3) is 0 Å². The van der Waals surface area contributed by atoms with Gasteiger partial charge in [-0.3, -0.25) is 0 Å². The number of esters is 2. The Balaban J connectivity index is 2.40. The SMILES string of the molecule is CCC(C)=CC(=O)OCC=C(C)CCC=C(C)CCC=C1C(=O)OC(C=C(C)C)C1O. The van der Waals surface area contributed by atoms with Gasteiger partial charge in [-0.2, -0.15) is 0 Å². The lowest BCUT2D eigenvalue weighted by Crippen LogP contribution is -2.19. The molecule has 1 fully saturated rings. The molecule has 0 aromatic carbocycles. The minimum Gasteiger partial charge on any atom is -0.458 e. The molecule has 1 aliphatic heterocycles. The number of hydrogen-bond donors (Lipinski definition) is 1. The summed E-state index contributed by atoms with van der Waals surface area (Å²) in [4.78, 5) is 23.6. The van der Waals surface area contributed by atoms with Crippen molar-refractivity contribution in [3.8, 4) is 0 Å². The van der Waals surface area contributed by atoms with Crippen LogP contribution < -0.4 is 0 Å². The van der Waals surface area contributed by atoms with Crippen LogP contribution in [0.5, 0.6) is 0 Å². The number of hydrogen-bond acceptors (Lipinski definition) is 5. The largest absolute Gasteiger partial charge is 0.458 e. The Morgan fingerprint density at radius 2 is 1.68 bits per heavy atom. The number of carbonyl (C=O) groups excluding carboxylic acids is 2. The Kier molecular flexibility index (Phi) is 11.9. The molecule has 0 amide bonds. The molecule has 1 rings (SSSR count). The summed E-state index contributed by atoms with van der Waals surface area (Å²) in [6.45, 7) is 12.1. The molecule has 0 aromatic heterocycles. The van der Waals surface area contributed by atoms with Crippen molar-refractivity contribution >= 4 is 11.9 Å². The number of aliphatic hydroxyl groups is 1. The third-order valence-corrected chi connectivity index (χ3v) is 5.12. The fourth-order valence-corrected chi connectivity index (χ4v) is 3.03. The molecule has 5 nitrogen and oxygen atoms in total. The van der Waals surface area contributed by atoms with E-state index in [2.05, 4.69) is 13.0 Å². The third-order valence-electron chi connectivity index (χ3n) is 5.12. The van der Waals surface area contributed by atoms with E-state index < -0.39 is 18.2 Å². The predicted octanol–water partition coefficient (Wildman–Crippen LogP) is 5.52. The molecule has 0 radical (unpaired) electrons. The van der Waals surface area contributed by atoms with E-state index in [9.17, 15) is 14.7 Å². The lowest BCUT2D eigenvalue weighted by atomic mass is 10.0. The van der Waals surface area contributed by atoms with Crippen molar-refractivity contribution in [3.63, 3.8) is 0 Å². The molecule has 0 aliphatic carbocycles. The number of cyclic esters (lactones) is 1. The Hall–Kier alpha value is -2.40. The molecule has 1 aliphatic rings. The van der Waals surface area contributed by atoms with E-state index in [4.69, 9.17) is 9.47 Å². The number of allylic oxidation sites excluding steroid dienone is 6. The van der Waals surface area contributed by atoms with Crippen LogP contribution in [-0.4, -0.2) is 35.9 Å². The molecule has 0 saturated carbocycles. The minimum absolute atomic E-state index is 0.292. The summed E-state index contributed by atoms with van der Waals surface area (Å²) < 4.78 is 10.4. The molecule has 5 heteroatoms. The van der Waals surface area contributed by atoms with E-state index in [-0.39, 0.29) is 5.97 Å². The van der Waals surface area contributed by atoms with Gasteiger partial charge in [0.2, 0.25) is 0 Å². The van der Waals surface area contributed by atoms with Crippen LogP contribution in [0.2, 0.25) is 0 Å². The van der Waals surface area contributed by atoms with Crippen molar-refractivity contribution in [2.24, 2.45) is 0 Å². The zero-order valence-electron chi connectivity index (χ0n) is 19.9. The lowest BCUT2D eigenvalue weighted by Gasteiger charge is -2.08. The van der Waals surface area contributed by atoms with Crippen molar-refractivity contribution in [2.45, 2.75) is 85.9 Å². The minimum atomic E-state index is -0.894. The van der Waals surface area contributed by atoms with E-state index in [1.807, 2.05) is 40.7 Å². The van der Waals surface area contributed by atoms with Crippen LogP contribution in [0.3, 0.4) is 0 Å². The van der Waals surface area contributed by atoms with Crippen LogP contribution >= 0.6 is 0 Å². The normalized spacial score (nSPS) is 21.3. The first-order valence-electron chi connectivity index (χ1n) is 11.0. The van der Waals surface area contributed by atoms with Gasteiger partial charge in [0.15, 0.2) is 6.10 Å². The second-order valence-electron chi connectivity index (χ2n) is 8.37. The van der Waals surface area contributed by atoms with Crippen molar-refractivity contribution in [1.82, 2.24) is 0 Å². The van der Waals surface area contributed by atoms with E-state index in [1.54, 1.807) is 12.2 Å². The molecule has 172 valence electrons. The standard InChI is InChI=1S/C26H38O5/c1-7-19(4)17-24(27)30-15-14-21(6)11-8-10-20(5)12-9-13-22-25(28)23(16-18(2)3)31-26(22)29/h10,13-14,16-17,23,25,28H,7-9,11-12,15H2,1-6H3. The quantitative estimate of drug-likeness (QED) is 0.265. The van der Waals surface area contributed by atoms with Crippen molar-refractivity contribution in [1.29, 1.82) is 0 Å². The van der Waals surface area contributed by atoms with E-state index >= 15 is 0 Å². The van der Waals surface area contributed by atoms with Gasteiger partial charge >= 0.3 is 11.9 Å². The summed E-state index contributed by atoms with van der Waals surface area (Å²) in [5.74, 6) is -0.727. The highest BCUT2D eigenvalue weighted by atomic mass is 16.6. The highest BCUT2D eigenvalue weighted by Gasteiger charge is 2.36. The van der Waals surface area contributed by atoms with Gasteiger partial charge < -0.3 is 14.6 Å². The highest BCUT2D eigenvalue weighted by molar-refractivity contribution is 5.92. The third kappa shape index (κ3) is 10.5. The number of ether oxygens (including phenoxy) is 2. The van der Waals surface area contributed by atoms with Gasteiger partial charge in [-0.1, -0.05) is 41.4 Å². The molecule has 31 heavy (non-hydrogen) atoms. The number of carbonyl (C=O) groups is 2. The molecule has 0 aromatic rings. The van der Waals surface area contributed by atoms with Gasteiger partial charge in [0, 0.05) is 6.08 Å². The van der Waals surface area contributed by atoms with Gasteiger partial charge in [-0.25, -0.2) is 9.59 Å². The van der Waals surface area contributed by atoms with Crippen molar-refractivity contribution < 1.29 is 24.2 Å². The van der Waals surface area contributed by atoms with Gasteiger partial charge in [0.25, 0.3) is 0 Å². The second-order valence-corrected chi connectivity index (χ2v) is 8.37. The Morgan fingerprint density at radius 3 is 2.32 bits per heavy atom. The number of rotatable bonds is 11. The average Bonchev–Trinajstić information content (AvgIpc) is 2.94. The van der Waals surface area contributed by atoms with Crippen LogP contribution in [0.15, 0.2) is 58.2 Å². The van der Waals surface area contributed by atoms with Crippen molar-refractivity contribution in [3.05, 3.63) is 58.2 Å². The zero-order valence-corrected chi connectivity index (χ0v) is 19.9. The summed E-state index contributed by atoms with van der Waals surface area (Å²) in [5, 5.41) is 10.3. The van der Waals surface area contributed by atoms with Gasteiger partial charge in [0.05, 0.1) is 5.57 Å². The molecule has 1 N–H and O–H groups in total. The first kappa shape index (κ1) is 26.6. The molecule has 2 atom stereocenters. The van der Waals surface area contributed by atoms with Crippen LogP contribution in [0, 0.1) is 0 Å². The molecule has 1 saturated heterocycles. The Morgan fingerprint density at radius 1 is 1.03 bits per heavy atom. The monoisotopic (exact) mass is 430 g/mol. The first-order valence-corrected chi connectivity index (χ1v) is 11.0. The maximum Gasteiger partial charge on any atom is 0.337 e. The topological polar surface area (TPSA) is 72.8 Å². The fraction of sp³-hybridized carbons (Fsp3) is 0.538. The molecule has 2 unspecified atom stereocenters. The van der Waals surface area contributed by atoms with E-state index in [1.165, 1.54) is 17.2 Å². The predicted molar refractivity (Wildman–Crippen MR) is 124 cm³/mol. The molecular weight excluding hydrogens is 392 g/mol. The lowest BCUT2D eigenvalue weighted by molar-refractivity contribution is -0.138.